The topological polar surface area (TPSA) is 29.1 Å². The summed E-state index contributed by atoms with van der Waals surface area (Å²) in [7, 11) is 0. The maximum Gasteiger partial charge on any atom is 0.266 e. The highest BCUT2D eigenvalue weighted by atomic mass is 127. The first kappa shape index (κ1) is 11.5. The summed E-state index contributed by atoms with van der Waals surface area (Å²) in [5.41, 5.74) is 1.76. The summed E-state index contributed by atoms with van der Waals surface area (Å²) in [6.07, 6.45) is 0. The molecule has 0 spiro atoms. The highest BCUT2D eigenvalue weighted by Gasteiger charge is 2.06. The molecule has 1 N–H and O–H groups in total. The van der Waals surface area contributed by atoms with E-state index in [4.69, 9.17) is 11.6 Å². The molecule has 4 heteroatoms. The predicted molar refractivity (Wildman–Crippen MR) is 67.5 cm³/mol. The Hall–Kier alpha value is -0.550. The fourth-order valence-corrected chi connectivity index (χ4v) is 1.65. The van der Waals surface area contributed by atoms with Gasteiger partial charge in [0.1, 0.15) is 0 Å². The summed E-state index contributed by atoms with van der Waals surface area (Å²) in [4.78, 5) is 11.2. The van der Waals surface area contributed by atoms with Crippen molar-refractivity contribution in [3.05, 3.63) is 38.9 Å². The molecule has 1 aromatic carbocycles. The number of rotatable bonds is 2. The number of aryl methyl sites for hydroxylation is 1. The first-order valence-corrected chi connectivity index (χ1v) is 5.38. The van der Waals surface area contributed by atoms with Crippen LogP contribution in [0.15, 0.2) is 29.8 Å². The van der Waals surface area contributed by atoms with Gasteiger partial charge in [0.05, 0.1) is 5.03 Å². The lowest BCUT2D eigenvalue weighted by Gasteiger charge is -2.07. The van der Waals surface area contributed by atoms with E-state index in [0.717, 1.165) is 14.8 Å². The molecular formula is C10H9ClINO. The molecule has 0 atom stereocenters. The number of halogens is 2. The minimum atomic E-state index is -0.365. The van der Waals surface area contributed by atoms with Crippen molar-refractivity contribution in [3.63, 3.8) is 0 Å². The standard InChI is InChI=1S/C10H9ClINO/c1-6-5-8(12)3-4-9(6)13-10(14)7(2)11/h3-5H,2H2,1H3,(H,13,14). The van der Waals surface area contributed by atoms with E-state index < -0.39 is 0 Å². The molecular weight excluding hydrogens is 312 g/mol. The van der Waals surface area contributed by atoms with Crippen molar-refractivity contribution < 1.29 is 4.79 Å². The van der Waals surface area contributed by atoms with Crippen LogP contribution in [0.25, 0.3) is 0 Å². The van der Waals surface area contributed by atoms with Crippen LogP contribution in [-0.4, -0.2) is 5.91 Å². The van der Waals surface area contributed by atoms with Crippen LogP contribution in [0.2, 0.25) is 0 Å². The zero-order valence-corrected chi connectivity index (χ0v) is 10.5. The van der Waals surface area contributed by atoms with Crippen molar-refractivity contribution in [3.8, 4) is 0 Å². The van der Waals surface area contributed by atoms with E-state index in [0.29, 0.717) is 0 Å². The molecule has 0 bridgehead atoms. The molecule has 1 rings (SSSR count). The molecule has 0 aliphatic rings. The van der Waals surface area contributed by atoms with E-state index in [-0.39, 0.29) is 10.9 Å². The van der Waals surface area contributed by atoms with Crippen LogP contribution in [0.1, 0.15) is 5.56 Å². The first-order valence-electron chi connectivity index (χ1n) is 3.92. The van der Waals surface area contributed by atoms with E-state index in [1.54, 1.807) is 0 Å². The average molecular weight is 322 g/mol. The molecule has 0 aliphatic carbocycles. The average Bonchev–Trinajstić information content (AvgIpc) is 2.09. The van der Waals surface area contributed by atoms with Crippen molar-refractivity contribution in [2.45, 2.75) is 6.92 Å². The molecule has 0 heterocycles. The second kappa shape index (κ2) is 4.79. The molecule has 2 nitrogen and oxygen atoms in total. The van der Waals surface area contributed by atoms with Crippen LogP contribution in [0.3, 0.4) is 0 Å². The maximum absolute atomic E-state index is 11.2. The number of anilines is 1. The number of hydrogen-bond acceptors (Lipinski definition) is 1. The number of hydrogen-bond donors (Lipinski definition) is 1. The minimum absolute atomic E-state index is 0.0112. The van der Waals surface area contributed by atoms with Crippen LogP contribution >= 0.6 is 34.2 Å². The number of amides is 1. The van der Waals surface area contributed by atoms with Gasteiger partial charge < -0.3 is 5.32 Å². The third kappa shape index (κ3) is 2.99. The van der Waals surface area contributed by atoms with E-state index in [9.17, 15) is 4.79 Å². The summed E-state index contributed by atoms with van der Waals surface area (Å²) in [6, 6.07) is 5.74. The van der Waals surface area contributed by atoms with Crippen LogP contribution in [-0.2, 0) is 4.79 Å². The lowest BCUT2D eigenvalue weighted by Crippen LogP contribution is -2.11. The SMILES string of the molecule is C=C(Cl)C(=O)Nc1ccc(I)cc1C. The second-order valence-electron chi connectivity index (χ2n) is 2.82. The summed E-state index contributed by atoms with van der Waals surface area (Å²) in [5.74, 6) is -0.365. The Morgan fingerprint density at radius 2 is 2.21 bits per heavy atom. The van der Waals surface area contributed by atoms with Crippen molar-refractivity contribution in [1.82, 2.24) is 0 Å². The van der Waals surface area contributed by atoms with Crippen LogP contribution < -0.4 is 5.32 Å². The van der Waals surface area contributed by atoms with Gasteiger partial charge in [0, 0.05) is 9.26 Å². The first-order chi connectivity index (χ1) is 6.50. The molecule has 0 aromatic heterocycles. The molecule has 0 fully saturated rings. The van der Waals surface area contributed by atoms with Crippen molar-refractivity contribution in [2.24, 2.45) is 0 Å². The molecule has 0 saturated carbocycles. The maximum atomic E-state index is 11.2. The highest BCUT2D eigenvalue weighted by molar-refractivity contribution is 14.1. The van der Waals surface area contributed by atoms with Gasteiger partial charge in [0.25, 0.3) is 5.91 Å². The molecule has 0 radical (unpaired) electrons. The smallest absolute Gasteiger partial charge is 0.266 e. The van der Waals surface area contributed by atoms with E-state index in [1.807, 2.05) is 25.1 Å². The number of carbonyl (C=O) groups is 1. The Morgan fingerprint density at radius 1 is 1.57 bits per heavy atom. The summed E-state index contributed by atoms with van der Waals surface area (Å²) < 4.78 is 1.13. The molecule has 0 aliphatic heterocycles. The predicted octanol–water partition coefficient (Wildman–Crippen LogP) is 3.29. The Kier molecular flexibility index (Phi) is 3.95. The highest BCUT2D eigenvalue weighted by Crippen LogP contribution is 2.18. The van der Waals surface area contributed by atoms with E-state index in [1.165, 1.54) is 0 Å². The van der Waals surface area contributed by atoms with Crippen molar-refractivity contribution in [1.29, 1.82) is 0 Å². The Balaban J connectivity index is 2.87. The van der Waals surface area contributed by atoms with Crippen LogP contribution in [0.4, 0.5) is 5.69 Å². The minimum Gasteiger partial charge on any atom is -0.321 e. The van der Waals surface area contributed by atoms with Crippen LogP contribution in [0, 0.1) is 10.5 Å². The molecule has 0 unspecified atom stereocenters. The van der Waals surface area contributed by atoms with Crippen molar-refractivity contribution >= 4 is 45.8 Å². The summed E-state index contributed by atoms with van der Waals surface area (Å²) in [6.45, 7) is 5.28. The molecule has 1 amide bonds. The summed E-state index contributed by atoms with van der Waals surface area (Å²) >= 11 is 7.67. The van der Waals surface area contributed by atoms with Gasteiger partial charge >= 0.3 is 0 Å². The third-order valence-electron chi connectivity index (χ3n) is 1.68. The quantitative estimate of drug-likeness (QED) is 0.657. The van der Waals surface area contributed by atoms with Crippen LogP contribution in [0.5, 0.6) is 0 Å². The van der Waals surface area contributed by atoms with Gasteiger partial charge in [0.15, 0.2) is 0 Å². The second-order valence-corrected chi connectivity index (χ2v) is 4.52. The van der Waals surface area contributed by atoms with Gasteiger partial charge in [-0.15, -0.1) is 0 Å². The largest absolute Gasteiger partial charge is 0.321 e. The fourth-order valence-electron chi connectivity index (χ4n) is 0.957. The molecule has 14 heavy (non-hydrogen) atoms. The monoisotopic (exact) mass is 321 g/mol. The number of benzene rings is 1. The zero-order valence-electron chi connectivity index (χ0n) is 7.60. The lowest BCUT2D eigenvalue weighted by molar-refractivity contribution is -0.112. The van der Waals surface area contributed by atoms with Gasteiger partial charge in [-0.25, -0.2) is 0 Å². The Bertz CT molecular complexity index is 390. The lowest BCUT2D eigenvalue weighted by atomic mass is 10.2. The fraction of sp³-hybridized carbons (Fsp3) is 0.100. The third-order valence-corrected chi connectivity index (χ3v) is 2.53. The van der Waals surface area contributed by atoms with E-state index in [2.05, 4.69) is 34.5 Å². The van der Waals surface area contributed by atoms with Gasteiger partial charge in [0.2, 0.25) is 0 Å². The molecule has 1 aromatic rings. The molecule has 0 saturated heterocycles. The van der Waals surface area contributed by atoms with Gasteiger partial charge in [-0.3, -0.25) is 4.79 Å². The van der Waals surface area contributed by atoms with E-state index >= 15 is 0 Å². The Morgan fingerprint density at radius 3 is 2.71 bits per heavy atom. The van der Waals surface area contributed by atoms with Gasteiger partial charge in [-0.2, -0.15) is 0 Å². The molecule has 74 valence electrons. The number of carbonyl (C=O) groups excluding carboxylic acids is 1. The summed E-state index contributed by atoms with van der Waals surface area (Å²) in [5, 5.41) is 2.65. The number of nitrogens with one attached hydrogen (secondary N) is 1. The van der Waals surface area contributed by atoms with Gasteiger partial charge in [-0.05, 0) is 53.3 Å². The van der Waals surface area contributed by atoms with Crippen molar-refractivity contribution in [2.75, 3.05) is 5.32 Å². The normalized spacial score (nSPS) is 9.64. The Labute approximate surface area is 101 Å². The zero-order chi connectivity index (χ0) is 10.7. The van der Waals surface area contributed by atoms with Gasteiger partial charge in [-0.1, -0.05) is 18.2 Å².